The Kier molecular flexibility index (Phi) is 2.03. The number of hydrogen-bond acceptors (Lipinski definition) is 1. The number of benzene rings is 1. The molecule has 1 aromatic heterocycles. The highest BCUT2D eigenvalue weighted by Crippen LogP contribution is 2.32. The molecule has 2 heteroatoms. The summed E-state index contributed by atoms with van der Waals surface area (Å²) >= 11 is 0. The smallest absolute Gasteiger partial charge is 0.0482 e. The summed E-state index contributed by atoms with van der Waals surface area (Å²) in [5.74, 6) is 0. The SMILES string of the molecule is N[C@H]1CC[C@H](n2ccc3ccccc32)C1. The molecule has 0 unspecified atom stereocenters. The largest absolute Gasteiger partial charge is 0.344 e. The van der Waals surface area contributed by atoms with E-state index in [0.29, 0.717) is 12.1 Å². The van der Waals surface area contributed by atoms with Gasteiger partial charge in [-0.05, 0) is 36.8 Å². The second kappa shape index (κ2) is 3.38. The number of hydrogen-bond donors (Lipinski definition) is 1. The van der Waals surface area contributed by atoms with Crippen molar-refractivity contribution < 1.29 is 0 Å². The fraction of sp³-hybridized carbons (Fsp3) is 0.385. The van der Waals surface area contributed by atoms with Crippen molar-refractivity contribution in [2.75, 3.05) is 0 Å². The average molecular weight is 200 g/mol. The highest BCUT2D eigenvalue weighted by Gasteiger charge is 2.23. The van der Waals surface area contributed by atoms with Gasteiger partial charge < -0.3 is 10.3 Å². The fourth-order valence-electron chi connectivity index (χ4n) is 2.67. The number of nitrogens with two attached hydrogens (primary N) is 1. The first-order valence-electron chi connectivity index (χ1n) is 5.66. The van der Waals surface area contributed by atoms with Gasteiger partial charge in [0.25, 0.3) is 0 Å². The molecular weight excluding hydrogens is 184 g/mol. The van der Waals surface area contributed by atoms with Crippen LogP contribution in [0.3, 0.4) is 0 Å². The van der Waals surface area contributed by atoms with Gasteiger partial charge in [0.1, 0.15) is 0 Å². The molecule has 1 fully saturated rings. The molecular formula is C13H16N2. The molecule has 1 saturated carbocycles. The standard InChI is InChI=1S/C13H16N2/c14-11-5-6-12(9-11)15-8-7-10-3-1-2-4-13(10)15/h1-4,7-8,11-12H,5-6,9,14H2/t11-,12-/m0/s1. The zero-order valence-electron chi connectivity index (χ0n) is 8.76. The molecule has 1 aliphatic carbocycles. The van der Waals surface area contributed by atoms with Crippen LogP contribution in [0.5, 0.6) is 0 Å². The monoisotopic (exact) mass is 200 g/mol. The first-order chi connectivity index (χ1) is 7.34. The summed E-state index contributed by atoms with van der Waals surface area (Å²) in [7, 11) is 0. The van der Waals surface area contributed by atoms with E-state index in [1.807, 2.05) is 0 Å². The lowest BCUT2D eigenvalue weighted by molar-refractivity contribution is 0.526. The third-order valence-corrected chi connectivity index (χ3v) is 3.47. The van der Waals surface area contributed by atoms with E-state index in [-0.39, 0.29) is 0 Å². The maximum absolute atomic E-state index is 5.96. The van der Waals surface area contributed by atoms with E-state index in [2.05, 4.69) is 41.1 Å². The molecule has 2 N–H and O–H groups in total. The van der Waals surface area contributed by atoms with Crippen LogP contribution in [0.4, 0.5) is 0 Å². The predicted octanol–water partition coefficient (Wildman–Crippen LogP) is 2.69. The molecule has 15 heavy (non-hydrogen) atoms. The number of para-hydroxylation sites is 1. The number of aromatic nitrogens is 1. The Labute approximate surface area is 89.7 Å². The molecule has 2 aromatic rings. The number of fused-ring (bicyclic) bond motifs is 1. The maximum atomic E-state index is 5.96. The minimum atomic E-state index is 0.399. The summed E-state index contributed by atoms with van der Waals surface area (Å²) in [6.45, 7) is 0. The van der Waals surface area contributed by atoms with Gasteiger partial charge in [-0.3, -0.25) is 0 Å². The summed E-state index contributed by atoms with van der Waals surface area (Å²) in [4.78, 5) is 0. The van der Waals surface area contributed by atoms with E-state index in [1.54, 1.807) is 0 Å². The molecule has 0 saturated heterocycles. The van der Waals surface area contributed by atoms with Crippen LogP contribution in [0, 0.1) is 0 Å². The van der Waals surface area contributed by atoms with Crippen LogP contribution in [0.2, 0.25) is 0 Å². The highest BCUT2D eigenvalue weighted by atomic mass is 15.0. The Bertz CT molecular complexity index is 472. The summed E-state index contributed by atoms with van der Waals surface area (Å²) in [6, 6.07) is 11.8. The van der Waals surface area contributed by atoms with Crippen molar-refractivity contribution in [2.24, 2.45) is 5.73 Å². The van der Waals surface area contributed by atoms with Gasteiger partial charge in [0, 0.05) is 23.8 Å². The summed E-state index contributed by atoms with van der Waals surface area (Å²) in [5.41, 5.74) is 7.31. The van der Waals surface area contributed by atoms with Crippen molar-refractivity contribution in [2.45, 2.75) is 31.3 Å². The van der Waals surface area contributed by atoms with Crippen molar-refractivity contribution in [1.29, 1.82) is 0 Å². The lowest BCUT2D eigenvalue weighted by Crippen LogP contribution is -2.15. The molecule has 2 nitrogen and oxygen atoms in total. The summed E-state index contributed by atoms with van der Waals surface area (Å²) < 4.78 is 2.39. The first kappa shape index (κ1) is 8.98. The number of rotatable bonds is 1. The third kappa shape index (κ3) is 1.45. The van der Waals surface area contributed by atoms with Crippen LogP contribution in [-0.2, 0) is 0 Å². The third-order valence-electron chi connectivity index (χ3n) is 3.47. The lowest BCUT2D eigenvalue weighted by atomic mass is 10.2. The quantitative estimate of drug-likeness (QED) is 0.754. The van der Waals surface area contributed by atoms with Crippen LogP contribution in [0.15, 0.2) is 36.5 Å². The van der Waals surface area contributed by atoms with Gasteiger partial charge >= 0.3 is 0 Å². The molecule has 0 amide bonds. The van der Waals surface area contributed by atoms with Gasteiger partial charge in [0.15, 0.2) is 0 Å². The Hall–Kier alpha value is -1.28. The Morgan fingerprint density at radius 1 is 1.13 bits per heavy atom. The van der Waals surface area contributed by atoms with Gasteiger partial charge in [-0.2, -0.15) is 0 Å². The normalized spacial score (nSPS) is 26.2. The van der Waals surface area contributed by atoms with Crippen molar-refractivity contribution in [3.63, 3.8) is 0 Å². The summed E-state index contributed by atoms with van der Waals surface area (Å²) in [6.07, 6.45) is 5.71. The highest BCUT2D eigenvalue weighted by molar-refractivity contribution is 5.80. The van der Waals surface area contributed by atoms with Crippen LogP contribution < -0.4 is 5.73 Å². The zero-order chi connectivity index (χ0) is 10.3. The molecule has 3 rings (SSSR count). The molecule has 0 radical (unpaired) electrons. The van der Waals surface area contributed by atoms with Crippen molar-refractivity contribution in [1.82, 2.24) is 4.57 Å². The van der Waals surface area contributed by atoms with E-state index >= 15 is 0 Å². The van der Waals surface area contributed by atoms with E-state index in [1.165, 1.54) is 17.3 Å². The van der Waals surface area contributed by atoms with Crippen LogP contribution in [0.25, 0.3) is 10.9 Å². The molecule has 0 bridgehead atoms. The molecule has 1 aliphatic rings. The summed E-state index contributed by atoms with van der Waals surface area (Å²) in [5, 5.41) is 1.33. The second-order valence-electron chi connectivity index (χ2n) is 4.51. The zero-order valence-corrected chi connectivity index (χ0v) is 8.76. The van der Waals surface area contributed by atoms with Gasteiger partial charge in [-0.15, -0.1) is 0 Å². The minimum Gasteiger partial charge on any atom is -0.344 e. The van der Waals surface area contributed by atoms with E-state index in [9.17, 15) is 0 Å². The fourth-order valence-corrected chi connectivity index (χ4v) is 2.67. The van der Waals surface area contributed by atoms with Crippen LogP contribution >= 0.6 is 0 Å². The molecule has 0 aliphatic heterocycles. The molecule has 0 spiro atoms. The van der Waals surface area contributed by atoms with Gasteiger partial charge in [0.05, 0.1) is 0 Å². The van der Waals surface area contributed by atoms with Crippen LogP contribution in [0.1, 0.15) is 25.3 Å². The Morgan fingerprint density at radius 3 is 2.80 bits per heavy atom. The molecule has 1 heterocycles. The van der Waals surface area contributed by atoms with Crippen LogP contribution in [-0.4, -0.2) is 10.6 Å². The lowest BCUT2D eigenvalue weighted by Gasteiger charge is -2.13. The van der Waals surface area contributed by atoms with Gasteiger partial charge in [-0.25, -0.2) is 0 Å². The van der Waals surface area contributed by atoms with E-state index in [0.717, 1.165) is 12.8 Å². The molecule has 1 aromatic carbocycles. The topological polar surface area (TPSA) is 30.9 Å². The minimum absolute atomic E-state index is 0.399. The second-order valence-corrected chi connectivity index (χ2v) is 4.51. The van der Waals surface area contributed by atoms with Crippen molar-refractivity contribution in [3.05, 3.63) is 36.5 Å². The van der Waals surface area contributed by atoms with E-state index < -0.39 is 0 Å². The van der Waals surface area contributed by atoms with Gasteiger partial charge in [-0.1, -0.05) is 18.2 Å². The van der Waals surface area contributed by atoms with Crippen molar-refractivity contribution >= 4 is 10.9 Å². The Balaban J connectivity index is 2.04. The average Bonchev–Trinajstić information content (AvgIpc) is 2.83. The molecule has 2 atom stereocenters. The van der Waals surface area contributed by atoms with Crippen molar-refractivity contribution in [3.8, 4) is 0 Å². The number of nitrogens with zero attached hydrogens (tertiary/aromatic N) is 1. The predicted molar refractivity (Wildman–Crippen MR) is 62.8 cm³/mol. The van der Waals surface area contributed by atoms with E-state index in [4.69, 9.17) is 5.73 Å². The Morgan fingerprint density at radius 2 is 2.00 bits per heavy atom. The maximum Gasteiger partial charge on any atom is 0.0482 e. The first-order valence-corrected chi connectivity index (χ1v) is 5.66. The van der Waals surface area contributed by atoms with Gasteiger partial charge in [0.2, 0.25) is 0 Å². The molecule has 78 valence electrons.